The molecule has 57 heavy (non-hydrogen) atoms. The summed E-state index contributed by atoms with van der Waals surface area (Å²) in [5.74, 6) is -6.67. The zero-order chi connectivity index (χ0) is 42.3. The van der Waals surface area contributed by atoms with Crippen LogP contribution in [-0.2, 0) is 9.47 Å². The Hall–Kier alpha value is -6.67. The van der Waals surface area contributed by atoms with Gasteiger partial charge in [0.05, 0.1) is 48.1 Å². The second kappa shape index (κ2) is 17.4. The maximum absolute atomic E-state index is 14.3. The van der Waals surface area contributed by atoms with Gasteiger partial charge in [0.25, 0.3) is 5.91 Å². The van der Waals surface area contributed by atoms with Crippen LogP contribution in [-0.4, -0.2) is 85.0 Å². The van der Waals surface area contributed by atoms with Crippen molar-refractivity contribution in [2.45, 2.75) is 18.4 Å². The Morgan fingerprint density at radius 2 is 1.09 bits per heavy atom. The number of rotatable bonds is 15. The number of carbonyl (C=O) groups is 5. The number of aromatic carboxylic acids is 2. The van der Waals surface area contributed by atoms with E-state index in [1.165, 1.54) is 0 Å². The van der Waals surface area contributed by atoms with Crippen LogP contribution < -0.4 is 20.3 Å². The molecule has 0 aliphatic rings. The molecule has 1 amide bonds. The molecule has 0 aromatic heterocycles. The molecule has 0 fully saturated rings. The number of esters is 2. The third-order valence-corrected chi connectivity index (χ3v) is 8.44. The lowest BCUT2D eigenvalue weighted by atomic mass is 9.88. The number of carboxylic acids is 2. The predicted molar refractivity (Wildman–Crippen MR) is 183 cm³/mol. The molecule has 4 aromatic carbocycles. The number of hydroxylamine groups is 1. The number of carboxylic acid groups (broad SMARTS) is 2. The summed E-state index contributed by atoms with van der Waals surface area (Å²) in [5, 5.41) is 31.3. The van der Waals surface area contributed by atoms with Crippen molar-refractivity contribution in [1.29, 1.82) is 0 Å². The lowest BCUT2D eigenvalue weighted by molar-refractivity contribution is -0.353. The summed E-state index contributed by atoms with van der Waals surface area (Å²) in [4.78, 5) is 60.3. The molecule has 5 N–H and O–H groups in total. The Labute approximate surface area is 317 Å². The van der Waals surface area contributed by atoms with Crippen molar-refractivity contribution in [2.24, 2.45) is 5.41 Å². The average Bonchev–Trinajstić information content (AvgIpc) is 3.17. The van der Waals surface area contributed by atoms with Crippen LogP contribution in [0.1, 0.15) is 69.0 Å². The highest BCUT2D eigenvalue weighted by molar-refractivity contribution is 6.12. The largest absolute Gasteiger partial charge is 0.492 e. The van der Waals surface area contributed by atoms with Crippen molar-refractivity contribution in [1.82, 2.24) is 5.48 Å². The number of hydrogen-bond acceptors (Lipinski definition) is 11. The van der Waals surface area contributed by atoms with Crippen LogP contribution in [0.25, 0.3) is 0 Å². The van der Waals surface area contributed by atoms with E-state index in [9.17, 15) is 65.7 Å². The molecule has 0 aliphatic heterocycles. The molecule has 14 nitrogen and oxygen atoms in total. The average molecular weight is 809 g/mol. The molecule has 20 heteroatoms. The summed E-state index contributed by atoms with van der Waals surface area (Å²) >= 11 is 0. The highest BCUT2D eigenvalue weighted by Gasteiger charge is 2.72. The summed E-state index contributed by atoms with van der Waals surface area (Å²) in [6.45, 7) is -4.03. The van der Waals surface area contributed by atoms with Crippen LogP contribution in [0, 0.1) is 5.41 Å². The second-order valence-electron chi connectivity index (χ2n) is 11.9. The van der Waals surface area contributed by atoms with E-state index < -0.39 is 89.4 Å². The fourth-order valence-electron chi connectivity index (χ4n) is 5.26. The van der Waals surface area contributed by atoms with Gasteiger partial charge in [0.2, 0.25) is 5.41 Å². The number of amides is 1. The van der Waals surface area contributed by atoms with Crippen molar-refractivity contribution >= 4 is 35.5 Å². The molecular formula is C37H30F6N2O12. The van der Waals surface area contributed by atoms with Crippen LogP contribution in [0.3, 0.4) is 0 Å². The van der Waals surface area contributed by atoms with Gasteiger partial charge < -0.3 is 39.7 Å². The SMILES string of the molecule is COC(=O)c1ccc(C(=O)O)c(C(=O)Nc2ccc(OCC(COc3ccc(C(NO)c4cc(C(=O)OC)ccc4C(=O)O)cc3)(C(F)(F)F)C(F)(F)F)cc2)c1. The van der Waals surface area contributed by atoms with E-state index in [-0.39, 0.29) is 33.5 Å². The topological polar surface area (TPSA) is 207 Å². The first-order valence-corrected chi connectivity index (χ1v) is 16.0. The first kappa shape index (κ1) is 43.1. The lowest BCUT2D eigenvalue weighted by Gasteiger charge is -2.36. The van der Waals surface area contributed by atoms with Gasteiger partial charge >= 0.3 is 36.2 Å². The summed E-state index contributed by atoms with van der Waals surface area (Å²) in [7, 11) is 2.14. The number of hydrogen-bond donors (Lipinski definition) is 5. The van der Waals surface area contributed by atoms with Crippen LogP contribution in [0.4, 0.5) is 32.0 Å². The maximum Gasteiger partial charge on any atom is 0.409 e. The van der Waals surface area contributed by atoms with E-state index in [2.05, 4.69) is 14.8 Å². The van der Waals surface area contributed by atoms with Gasteiger partial charge in [-0.25, -0.2) is 19.2 Å². The third kappa shape index (κ3) is 9.59. The lowest BCUT2D eigenvalue weighted by Crippen LogP contribution is -2.57. The predicted octanol–water partition coefficient (Wildman–Crippen LogP) is 6.55. The highest BCUT2D eigenvalue weighted by atomic mass is 19.4. The molecule has 0 heterocycles. The van der Waals surface area contributed by atoms with Crippen molar-refractivity contribution in [2.75, 3.05) is 32.8 Å². The van der Waals surface area contributed by atoms with Gasteiger partial charge in [-0.1, -0.05) is 12.1 Å². The number of ether oxygens (including phenoxy) is 4. The highest BCUT2D eigenvalue weighted by Crippen LogP contribution is 2.51. The Bertz CT molecular complexity index is 2130. The molecule has 0 aliphatic carbocycles. The van der Waals surface area contributed by atoms with Crippen LogP contribution in [0.15, 0.2) is 84.9 Å². The van der Waals surface area contributed by atoms with Gasteiger partial charge in [0.1, 0.15) is 24.7 Å². The van der Waals surface area contributed by atoms with Gasteiger partial charge in [-0.3, -0.25) is 4.79 Å². The Balaban J connectivity index is 1.53. The molecule has 1 atom stereocenters. The number of benzene rings is 4. The maximum atomic E-state index is 14.3. The smallest absolute Gasteiger partial charge is 0.409 e. The number of nitrogens with one attached hydrogen (secondary N) is 2. The summed E-state index contributed by atoms with van der Waals surface area (Å²) in [6, 6.07) is 13.2. The number of carbonyl (C=O) groups excluding carboxylic acids is 3. The van der Waals surface area contributed by atoms with E-state index in [0.29, 0.717) is 0 Å². The van der Waals surface area contributed by atoms with Gasteiger partial charge in [-0.05, 0) is 83.9 Å². The molecule has 302 valence electrons. The number of alkyl halides is 6. The zero-order valence-corrected chi connectivity index (χ0v) is 29.4. The minimum atomic E-state index is -5.98. The van der Waals surface area contributed by atoms with Gasteiger partial charge in [-0.15, -0.1) is 0 Å². The van der Waals surface area contributed by atoms with E-state index in [1.807, 2.05) is 5.48 Å². The molecule has 4 aromatic rings. The normalized spacial score (nSPS) is 12.2. The van der Waals surface area contributed by atoms with Crippen molar-refractivity contribution in [3.8, 4) is 11.5 Å². The Morgan fingerprint density at radius 3 is 1.53 bits per heavy atom. The van der Waals surface area contributed by atoms with Gasteiger partial charge in [0.15, 0.2) is 0 Å². The molecule has 0 radical (unpaired) electrons. The molecule has 0 saturated carbocycles. The minimum absolute atomic E-state index is 0.0623. The summed E-state index contributed by atoms with van der Waals surface area (Å²) < 4.78 is 105. The quantitative estimate of drug-likeness (QED) is 0.0492. The minimum Gasteiger partial charge on any atom is -0.492 e. The number of anilines is 1. The molecule has 0 saturated heterocycles. The summed E-state index contributed by atoms with van der Waals surface area (Å²) in [5.41, 5.74) is -4.42. The fourth-order valence-corrected chi connectivity index (χ4v) is 5.26. The van der Waals surface area contributed by atoms with E-state index in [0.717, 1.165) is 99.1 Å². The van der Waals surface area contributed by atoms with E-state index in [1.54, 1.807) is 0 Å². The second-order valence-corrected chi connectivity index (χ2v) is 11.9. The van der Waals surface area contributed by atoms with Gasteiger partial charge in [0, 0.05) is 5.69 Å². The Morgan fingerprint density at radius 1 is 0.632 bits per heavy atom. The number of halogens is 6. The van der Waals surface area contributed by atoms with Crippen molar-refractivity contribution in [3.63, 3.8) is 0 Å². The molecule has 4 rings (SSSR count). The standard InChI is InChI=1S/C37H30F6N2O12/c1-54-33(51)20-5-13-25(31(47)48)27(15-20)29(45-53)19-3-9-23(10-4-19)56-17-35(36(38,39)40,37(41,42)43)18-57-24-11-7-22(8-12-24)44-30(46)28-16-21(34(52)55-2)6-14-26(28)32(49)50/h3-16,29,45,53H,17-18H2,1-2H3,(H,44,46)(H,47,48)(H,49,50). The van der Waals surface area contributed by atoms with Crippen LogP contribution >= 0.6 is 0 Å². The van der Waals surface area contributed by atoms with E-state index in [4.69, 9.17) is 9.47 Å². The summed E-state index contributed by atoms with van der Waals surface area (Å²) in [6.07, 6.45) is -12.0. The monoisotopic (exact) mass is 808 g/mol. The zero-order valence-electron chi connectivity index (χ0n) is 29.4. The first-order chi connectivity index (χ1) is 26.8. The molecular weight excluding hydrogens is 778 g/mol. The first-order valence-electron chi connectivity index (χ1n) is 16.0. The molecule has 0 bridgehead atoms. The fraction of sp³-hybridized carbons (Fsp3) is 0.216. The molecule has 0 spiro atoms. The van der Waals surface area contributed by atoms with Crippen LogP contribution in [0.5, 0.6) is 11.5 Å². The molecule has 1 unspecified atom stereocenters. The number of methoxy groups -OCH3 is 2. The van der Waals surface area contributed by atoms with Crippen molar-refractivity contribution < 1.29 is 84.7 Å². The Kier molecular flexibility index (Phi) is 13.2. The third-order valence-electron chi connectivity index (χ3n) is 8.44. The van der Waals surface area contributed by atoms with Crippen LogP contribution in [0.2, 0.25) is 0 Å². The van der Waals surface area contributed by atoms with Gasteiger partial charge in [-0.2, -0.15) is 31.8 Å². The van der Waals surface area contributed by atoms with Crippen molar-refractivity contribution in [3.05, 3.63) is 124 Å². The van der Waals surface area contributed by atoms with E-state index >= 15 is 0 Å².